The van der Waals surface area contributed by atoms with Crippen LogP contribution in [0, 0.1) is 0 Å². The Morgan fingerprint density at radius 2 is 1.79 bits per heavy atom. The Labute approximate surface area is 145 Å². The molecule has 0 radical (unpaired) electrons. The maximum absolute atomic E-state index is 9.59. The predicted molar refractivity (Wildman–Crippen MR) is 95.1 cm³/mol. The topological polar surface area (TPSA) is 35.9 Å². The lowest BCUT2D eigenvalue weighted by molar-refractivity contribution is -0.0511. The first-order valence-electron chi connectivity index (χ1n) is 9.61. The first kappa shape index (κ1) is 16.4. The van der Waals surface area contributed by atoms with Gasteiger partial charge in [-0.1, -0.05) is 25.0 Å². The molecule has 0 bridgehead atoms. The lowest BCUT2D eigenvalue weighted by Crippen LogP contribution is -2.48. The lowest BCUT2D eigenvalue weighted by atomic mass is 9.98. The SMILES string of the molecule is Oc1cccc(CN2CCN(CC3CCC4(CCCC4)O3)CC2)c1. The molecule has 1 N–H and O–H groups in total. The van der Waals surface area contributed by atoms with Gasteiger partial charge in [-0.25, -0.2) is 0 Å². The van der Waals surface area contributed by atoms with E-state index in [0.29, 0.717) is 11.9 Å². The number of phenolic OH excluding ortho intramolecular Hbond substituents is 1. The van der Waals surface area contributed by atoms with Crippen molar-refractivity contribution in [1.82, 2.24) is 9.80 Å². The monoisotopic (exact) mass is 330 g/mol. The van der Waals surface area contributed by atoms with Gasteiger partial charge in [0.25, 0.3) is 0 Å². The van der Waals surface area contributed by atoms with Crippen molar-refractivity contribution >= 4 is 0 Å². The number of aromatic hydroxyl groups is 1. The van der Waals surface area contributed by atoms with Gasteiger partial charge in [-0.2, -0.15) is 0 Å². The Bertz CT molecular complexity index is 548. The molecule has 0 aromatic heterocycles. The summed E-state index contributed by atoms with van der Waals surface area (Å²) in [5.41, 5.74) is 1.47. The minimum atomic E-state index is 0.266. The van der Waals surface area contributed by atoms with E-state index >= 15 is 0 Å². The van der Waals surface area contributed by atoms with Crippen LogP contribution in [0.2, 0.25) is 0 Å². The van der Waals surface area contributed by atoms with Crippen LogP contribution in [0.5, 0.6) is 5.75 Å². The number of piperazine rings is 1. The number of rotatable bonds is 4. The molecule has 1 aromatic rings. The summed E-state index contributed by atoms with van der Waals surface area (Å²) < 4.78 is 6.47. The number of nitrogens with zero attached hydrogens (tertiary/aromatic N) is 2. The summed E-state index contributed by atoms with van der Waals surface area (Å²) in [6.07, 6.45) is 8.31. The third kappa shape index (κ3) is 3.76. The average molecular weight is 330 g/mol. The zero-order valence-corrected chi connectivity index (χ0v) is 14.6. The zero-order chi connectivity index (χ0) is 16.4. The number of phenols is 1. The van der Waals surface area contributed by atoms with Crippen LogP contribution in [0.25, 0.3) is 0 Å². The Kier molecular flexibility index (Phi) is 4.79. The fraction of sp³-hybridized carbons (Fsp3) is 0.700. The van der Waals surface area contributed by atoms with Crippen LogP contribution in [0.3, 0.4) is 0 Å². The highest BCUT2D eigenvalue weighted by atomic mass is 16.5. The Morgan fingerprint density at radius 1 is 1.04 bits per heavy atom. The minimum Gasteiger partial charge on any atom is -0.508 e. The van der Waals surface area contributed by atoms with E-state index in [-0.39, 0.29) is 5.60 Å². The van der Waals surface area contributed by atoms with E-state index in [1.807, 2.05) is 12.1 Å². The standard InChI is InChI=1S/C20H30N2O2/c23-18-5-3-4-17(14-18)15-21-10-12-22(13-11-21)16-19-6-9-20(24-19)7-1-2-8-20/h3-5,14,19,23H,1-2,6-13,15-16H2. The Morgan fingerprint density at radius 3 is 2.54 bits per heavy atom. The largest absolute Gasteiger partial charge is 0.508 e. The van der Waals surface area contributed by atoms with Crippen molar-refractivity contribution in [2.75, 3.05) is 32.7 Å². The van der Waals surface area contributed by atoms with Crippen LogP contribution in [-0.2, 0) is 11.3 Å². The second-order valence-electron chi connectivity index (χ2n) is 7.92. The number of hydrogen-bond donors (Lipinski definition) is 1. The number of hydrogen-bond acceptors (Lipinski definition) is 4. The van der Waals surface area contributed by atoms with Crippen molar-refractivity contribution in [3.63, 3.8) is 0 Å². The maximum Gasteiger partial charge on any atom is 0.115 e. The quantitative estimate of drug-likeness (QED) is 0.921. The van der Waals surface area contributed by atoms with Crippen LogP contribution < -0.4 is 0 Å². The second-order valence-corrected chi connectivity index (χ2v) is 7.92. The molecule has 2 aliphatic heterocycles. The van der Waals surface area contributed by atoms with Crippen LogP contribution in [-0.4, -0.2) is 59.3 Å². The van der Waals surface area contributed by atoms with Gasteiger partial charge in [0.2, 0.25) is 0 Å². The predicted octanol–water partition coefficient (Wildman–Crippen LogP) is 3.00. The molecule has 1 saturated carbocycles. The molecule has 3 fully saturated rings. The van der Waals surface area contributed by atoms with Gasteiger partial charge < -0.3 is 9.84 Å². The van der Waals surface area contributed by atoms with E-state index in [9.17, 15) is 5.11 Å². The highest BCUT2D eigenvalue weighted by Crippen LogP contribution is 2.43. The molecule has 2 saturated heterocycles. The fourth-order valence-electron chi connectivity index (χ4n) is 4.74. The van der Waals surface area contributed by atoms with Crippen molar-refractivity contribution in [3.8, 4) is 5.75 Å². The normalized spacial score (nSPS) is 27.9. The van der Waals surface area contributed by atoms with E-state index in [2.05, 4.69) is 15.9 Å². The highest BCUT2D eigenvalue weighted by molar-refractivity contribution is 5.27. The van der Waals surface area contributed by atoms with Gasteiger partial charge in [0.15, 0.2) is 0 Å². The Balaban J connectivity index is 1.22. The molecule has 4 nitrogen and oxygen atoms in total. The fourth-order valence-corrected chi connectivity index (χ4v) is 4.74. The second kappa shape index (κ2) is 7.03. The maximum atomic E-state index is 9.59. The minimum absolute atomic E-state index is 0.266. The van der Waals surface area contributed by atoms with Gasteiger partial charge in [0, 0.05) is 39.3 Å². The van der Waals surface area contributed by atoms with Crippen LogP contribution >= 0.6 is 0 Å². The summed E-state index contributed by atoms with van der Waals surface area (Å²) in [7, 11) is 0. The molecule has 1 atom stereocenters. The van der Waals surface area contributed by atoms with Gasteiger partial charge in [-0.15, -0.1) is 0 Å². The molecule has 4 heteroatoms. The molecule has 4 rings (SSSR count). The van der Waals surface area contributed by atoms with E-state index in [1.165, 1.54) is 44.1 Å². The molecular formula is C20H30N2O2. The summed E-state index contributed by atoms with van der Waals surface area (Å²) in [6, 6.07) is 7.64. The van der Waals surface area contributed by atoms with E-state index in [0.717, 1.165) is 39.3 Å². The van der Waals surface area contributed by atoms with Gasteiger partial charge in [0.05, 0.1) is 11.7 Å². The van der Waals surface area contributed by atoms with E-state index < -0.39 is 0 Å². The molecule has 3 aliphatic rings. The van der Waals surface area contributed by atoms with Crippen molar-refractivity contribution in [2.24, 2.45) is 0 Å². The summed E-state index contributed by atoms with van der Waals surface area (Å²) in [4.78, 5) is 5.07. The van der Waals surface area contributed by atoms with Gasteiger partial charge >= 0.3 is 0 Å². The Hall–Kier alpha value is -1.10. The van der Waals surface area contributed by atoms with Crippen LogP contribution in [0.1, 0.15) is 44.1 Å². The summed E-state index contributed by atoms with van der Waals surface area (Å²) >= 11 is 0. The molecule has 0 amide bonds. The van der Waals surface area contributed by atoms with E-state index in [1.54, 1.807) is 6.07 Å². The van der Waals surface area contributed by atoms with Crippen molar-refractivity contribution in [1.29, 1.82) is 0 Å². The van der Waals surface area contributed by atoms with Gasteiger partial charge in [0.1, 0.15) is 5.75 Å². The van der Waals surface area contributed by atoms with Crippen LogP contribution in [0.4, 0.5) is 0 Å². The molecular weight excluding hydrogens is 300 g/mol. The first-order chi connectivity index (χ1) is 11.7. The third-order valence-corrected chi connectivity index (χ3v) is 6.10. The van der Waals surface area contributed by atoms with Crippen molar-refractivity contribution in [2.45, 2.75) is 56.8 Å². The van der Waals surface area contributed by atoms with Gasteiger partial charge in [-0.05, 0) is 43.4 Å². The van der Waals surface area contributed by atoms with Crippen molar-refractivity contribution in [3.05, 3.63) is 29.8 Å². The summed E-state index contributed by atoms with van der Waals surface area (Å²) in [6.45, 7) is 6.52. The number of benzene rings is 1. The molecule has 1 spiro atoms. The lowest BCUT2D eigenvalue weighted by Gasteiger charge is -2.36. The smallest absolute Gasteiger partial charge is 0.115 e. The average Bonchev–Trinajstić information content (AvgIpc) is 3.20. The number of ether oxygens (including phenoxy) is 1. The summed E-state index contributed by atoms with van der Waals surface area (Å²) in [5.74, 6) is 0.366. The highest BCUT2D eigenvalue weighted by Gasteiger charge is 2.42. The van der Waals surface area contributed by atoms with Crippen LogP contribution in [0.15, 0.2) is 24.3 Å². The molecule has 2 heterocycles. The molecule has 24 heavy (non-hydrogen) atoms. The van der Waals surface area contributed by atoms with Crippen molar-refractivity contribution < 1.29 is 9.84 Å². The first-order valence-corrected chi connectivity index (χ1v) is 9.61. The van der Waals surface area contributed by atoms with Gasteiger partial charge in [-0.3, -0.25) is 9.80 Å². The molecule has 1 aliphatic carbocycles. The molecule has 1 aromatic carbocycles. The zero-order valence-electron chi connectivity index (χ0n) is 14.6. The third-order valence-electron chi connectivity index (χ3n) is 6.10. The molecule has 132 valence electrons. The summed E-state index contributed by atoms with van der Waals surface area (Å²) in [5, 5.41) is 9.59. The molecule has 1 unspecified atom stereocenters. The van der Waals surface area contributed by atoms with E-state index in [4.69, 9.17) is 4.74 Å².